The van der Waals surface area contributed by atoms with Gasteiger partial charge >= 0.3 is 0 Å². The van der Waals surface area contributed by atoms with Crippen molar-refractivity contribution >= 4 is 22.4 Å². The molecule has 3 aromatic rings. The average molecular weight is 356 g/mol. The highest BCUT2D eigenvalue weighted by atomic mass is 16.1. The number of Topliss-reactive ketones (excluding diaryl/α,β-unsaturated/α-hetero) is 1. The summed E-state index contributed by atoms with van der Waals surface area (Å²) in [7, 11) is 0. The molecule has 0 radical (unpaired) electrons. The van der Waals surface area contributed by atoms with E-state index in [0.29, 0.717) is 6.42 Å². The van der Waals surface area contributed by atoms with Gasteiger partial charge in [0, 0.05) is 46.4 Å². The van der Waals surface area contributed by atoms with Crippen molar-refractivity contribution in [3.8, 4) is 0 Å². The zero-order valence-electron chi connectivity index (χ0n) is 15.8. The van der Waals surface area contributed by atoms with E-state index in [9.17, 15) is 4.79 Å². The van der Waals surface area contributed by atoms with Crippen molar-refractivity contribution in [1.82, 2.24) is 4.98 Å². The molecule has 2 aliphatic rings. The summed E-state index contributed by atoms with van der Waals surface area (Å²) in [5, 5.41) is 4.85. The minimum atomic E-state index is -0.00698. The average Bonchev–Trinajstić information content (AvgIpc) is 2.97. The first kappa shape index (κ1) is 16.4. The zero-order valence-corrected chi connectivity index (χ0v) is 15.8. The number of hydrogen-bond acceptors (Lipinski definition) is 2. The van der Waals surface area contributed by atoms with Crippen LogP contribution in [-0.2, 0) is 11.2 Å². The highest BCUT2D eigenvalue weighted by molar-refractivity contribution is 6.01. The van der Waals surface area contributed by atoms with Gasteiger partial charge in [0.25, 0.3) is 0 Å². The van der Waals surface area contributed by atoms with E-state index in [1.54, 1.807) is 0 Å². The van der Waals surface area contributed by atoms with Crippen LogP contribution in [0.2, 0.25) is 0 Å². The lowest BCUT2D eigenvalue weighted by Crippen LogP contribution is -2.30. The van der Waals surface area contributed by atoms with E-state index < -0.39 is 0 Å². The Morgan fingerprint density at radius 3 is 2.67 bits per heavy atom. The molecule has 3 heteroatoms. The summed E-state index contributed by atoms with van der Waals surface area (Å²) in [6.07, 6.45) is 4.46. The smallest absolute Gasteiger partial charge is 0.161 e. The number of ketones is 1. The Hall–Kier alpha value is -2.81. The number of allylic oxidation sites excluding steroid dienone is 2. The molecule has 2 N–H and O–H groups in total. The molecule has 1 aliphatic heterocycles. The van der Waals surface area contributed by atoms with Crippen molar-refractivity contribution in [2.45, 2.75) is 39.0 Å². The molecule has 0 fully saturated rings. The molecule has 0 amide bonds. The number of carbonyl (C=O) groups is 1. The fourth-order valence-corrected chi connectivity index (χ4v) is 4.80. The van der Waals surface area contributed by atoms with Crippen molar-refractivity contribution in [2.75, 3.05) is 5.32 Å². The molecule has 0 spiro atoms. The Balaban J connectivity index is 1.74. The maximum Gasteiger partial charge on any atom is 0.161 e. The molecule has 0 saturated carbocycles. The minimum Gasteiger partial charge on any atom is -0.361 e. The zero-order chi connectivity index (χ0) is 18.6. The summed E-state index contributed by atoms with van der Waals surface area (Å²) in [6, 6.07) is 16.8. The maximum atomic E-state index is 13.3. The Morgan fingerprint density at radius 1 is 1.00 bits per heavy atom. The van der Waals surface area contributed by atoms with Gasteiger partial charge in [0.1, 0.15) is 0 Å². The number of aromatic amines is 1. The Kier molecular flexibility index (Phi) is 3.55. The van der Waals surface area contributed by atoms with E-state index in [1.807, 2.05) is 6.07 Å². The summed E-state index contributed by atoms with van der Waals surface area (Å²) in [5.74, 6) is 0.368. The second-order valence-electron chi connectivity index (χ2n) is 8.66. The molecule has 3 nitrogen and oxygen atoms in total. The third kappa shape index (κ3) is 2.69. The molecule has 2 aromatic carbocycles. The summed E-state index contributed by atoms with van der Waals surface area (Å²) >= 11 is 0. The number of carbonyl (C=O) groups excluding carboxylic acids is 1. The Morgan fingerprint density at radius 2 is 1.78 bits per heavy atom. The first-order valence-corrected chi connectivity index (χ1v) is 9.69. The quantitative estimate of drug-likeness (QED) is 0.599. The van der Waals surface area contributed by atoms with E-state index in [1.165, 1.54) is 16.5 Å². The van der Waals surface area contributed by atoms with Crippen molar-refractivity contribution < 1.29 is 4.79 Å². The summed E-state index contributed by atoms with van der Waals surface area (Å²) in [5.41, 5.74) is 6.85. The molecule has 0 saturated heterocycles. The number of hydrogen-bond donors (Lipinski definition) is 2. The molecule has 2 heterocycles. The van der Waals surface area contributed by atoms with Crippen molar-refractivity contribution in [3.63, 3.8) is 0 Å². The third-order valence-corrected chi connectivity index (χ3v) is 5.99. The van der Waals surface area contributed by atoms with Gasteiger partial charge in [0.2, 0.25) is 0 Å². The van der Waals surface area contributed by atoms with Crippen molar-refractivity contribution in [1.29, 1.82) is 0 Å². The fraction of sp³-hybridized carbons (Fsp3) is 0.292. The number of H-pyrrole nitrogens is 1. The van der Waals surface area contributed by atoms with E-state index in [2.05, 4.69) is 72.8 Å². The maximum absolute atomic E-state index is 13.3. The van der Waals surface area contributed by atoms with Crippen LogP contribution in [0.15, 0.2) is 66.0 Å². The van der Waals surface area contributed by atoms with Crippen LogP contribution >= 0.6 is 0 Å². The number of aromatic nitrogens is 1. The molecule has 1 unspecified atom stereocenters. The number of nitrogens with one attached hydrogen (secondary N) is 2. The highest BCUT2D eigenvalue weighted by Gasteiger charge is 2.39. The van der Waals surface area contributed by atoms with E-state index in [4.69, 9.17) is 0 Å². The normalized spacial score (nSPS) is 21.4. The summed E-state index contributed by atoms with van der Waals surface area (Å²) in [6.45, 7) is 4.38. The number of anilines is 1. The standard InChI is InChI=1S/C24H24N2O/c1-24(2)12-21-23(22(27)13-24)17(11-15-7-3-5-9-19(15)26-21)18-14-25-20-10-6-4-8-16(18)20/h3-10,14,17,25-26H,11-13H2,1-2H3. The highest BCUT2D eigenvalue weighted by Crippen LogP contribution is 2.46. The molecule has 136 valence electrons. The van der Waals surface area contributed by atoms with Crippen molar-refractivity contribution in [2.24, 2.45) is 5.41 Å². The lowest BCUT2D eigenvalue weighted by Gasteiger charge is -2.34. The van der Waals surface area contributed by atoms with Crippen LogP contribution in [0.1, 0.15) is 43.7 Å². The van der Waals surface area contributed by atoms with Gasteiger partial charge in [-0.2, -0.15) is 0 Å². The van der Waals surface area contributed by atoms with Crippen LogP contribution < -0.4 is 5.32 Å². The number of fused-ring (bicyclic) bond motifs is 2. The van der Waals surface area contributed by atoms with Crippen LogP contribution in [0.4, 0.5) is 5.69 Å². The Bertz CT molecular complexity index is 1090. The first-order chi connectivity index (χ1) is 13.0. The SMILES string of the molecule is CC1(C)CC(=O)C2=C(C1)Nc1ccccc1CC2c1c[nH]c2ccccc12. The molecule has 1 aliphatic carbocycles. The van der Waals surface area contributed by atoms with Gasteiger partial charge in [0.15, 0.2) is 5.78 Å². The number of rotatable bonds is 1. The number of para-hydroxylation sites is 2. The predicted octanol–water partition coefficient (Wildman–Crippen LogP) is 5.56. The largest absolute Gasteiger partial charge is 0.361 e. The number of benzene rings is 2. The second kappa shape index (κ2) is 5.85. The third-order valence-electron chi connectivity index (χ3n) is 5.99. The van der Waals surface area contributed by atoms with Gasteiger partial charge in [-0.25, -0.2) is 0 Å². The molecule has 5 rings (SSSR count). The molecule has 27 heavy (non-hydrogen) atoms. The van der Waals surface area contributed by atoms with Crippen LogP contribution in [0.5, 0.6) is 0 Å². The molecule has 0 bridgehead atoms. The second-order valence-corrected chi connectivity index (χ2v) is 8.66. The summed E-state index contributed by atoms with van der Waals surface area (Å²) < 4.78 is 0. The van der Waals surface area contributed by atoms with Gasteiger partial charge in [-0.05, 0) is 41.5 Å². The minimum absolute atomic E-state index is 0.00698. The Labute approximate surface area is 159 Å². The van der Waals surface area contributed by atoms with Gasteiger partial charge < -0.3 is 10.3 Å². The van der Waals surface area contributed by atoms with E-state index >= 15 is 0 Å². The van der Waals surface area contributed by atoms with Crippen LogP contribution in [-0.4, -0.2) is 10.8 Å². The lowest BCUT2D eigenvalue weighted by molar-refractivity contribution is -0.118. The van der Waals surface area contributed by atoms with Crippen LogP contribution in [0, 0.1) is 5.41 Å². The van der Waals surface area contributed by atoms with Crippen molar-refractivity contribution in [3.05, 3.63) is 77.1 Å². The lowest BCUT2D eigenvalue weighted by atomic mass is 9.71. The monoisotopic (exact) mass is 356 g/mol. The van der Waals surface area contributed by atoms with E-state index in [-0.39, 0.29) is 17.1 Å². The van der Waals surface area contributed by atoms with E-state index in [0.717, 1.165) is 35.3 Å². The van der Waals surface area contributed by atoms with Gasteiger partial charge in [0.05, 0.1) is 0 Å². The van der Waals surface area contributed by atoms with Gasteiger partial charge in [-0.1, -0.05) is 50.2 Å². The molecule has 1 atom stereocenters. The first-order valence-electron chi connectivity index (χ1n) is 9.69. The van der Waals surface area contributed by atoms with Gasteiger partial charge in [-0.3, -0.25) is 4.79 Å². The van der Waals surface area contributed by atoms with Crippen LogP contribution in [0.25, 0.3) is 10.9 Å². The summed E-state index contributed by atoms with van der Waals surface area (Å²) in [4.78, 5) is 16.7. The molecule has 1 aromatic heterocycles. The van der Waals surface area contributed by atoms with Crippen LogP contribution in [0.3, 0.4) is 0 Å². The van der Waals surface area contributed by atoms with Gasteiger partial charge in [-0.15, -0.1) is 0 Å². The molecular formula is C24H24N2O. The topological polar surface area (TPSA) is 44.9 Å². The fourth-order valence-electron chi connectivity index (χ4n) is 4.80. The predicted molar refractivity (Wildman–Crippen MR) is 110 cm³/mol. The molecular weight excluding hydrogens is 332 g/mol.